The molecule has 7 nitrogen and oxygen atoms in total. The summed E-state index contributed by atoms with van der Waals surface area (Å²) in [7, 11) is 3.08. The van der Waals surface area contributed by atoms with Crippen molar-refractivity contribution in [2.75, 3.05) is 20.8 Å². The van der Waals surface area contributed by atoms with Crippen molar-refractivity contribution >= 4 is 49.4 Å². The molecular formula is C20H19BrN2O5S. The fourth-order valence-corrected chi connectivity index (χ4v) is 4.24. The van der Waals surface area contributed by atoms with Crippen LogP contribution in [0.15, 0.2) is 45.9 Å². The molecule has 0 bridgehead atoms. The molecule has 2 aromatic carbocycles. The molecule has 152 valence electrons. The number of ether oxygens (including phenoxy) is 3. The SMILES string of the molecule is CCOC(=O)Cn1c(=NC(=O)c2ccccc2Br)sc2cc(OC)c(OC)cc21. The summed E-state index contributed by atoms with van der Waals surface area (Å²) in [4.78, 5) is 29.6. The van der Waals surface area contributed by atoms with Gasteiger partial charge in [0.25, 0.3) is 5.91 Å². The number of carbonyl (C=O) groups is 2. The Balaban J connectivity index is 2.20. The van der Waals surface area contributed by atoms with Crippen molar-refractivity contribution in [1.82, 2.24) is 4.57 Å². The topological polar surface area (TPSA) is 79.1 Å². The number of halogens is 1. The van der Waals surface area contributed by atoms with E-state index in [2.05, 4.69) is 20.9 Å². The summed E-state index contributed by atoms with van der Waals surface area (Å²) >= 11 is 4.65. The van der Waals surface area contributed by atoms with Crippen molar-refractivity contribution in [2.24, 2.45) is 4.99 Å². The van der Waals surface area contributed by atoms with E-state index >= 15 is 0 Å². The highest BCUT2D eigenvalue weighted by molar-refractivity contribution is 9.10. The molecule has 0 spiro atoms. The van der Waals surface area contributed by atoms with Gasteiger partial charge in [0.05, 0.1) is 36.6 Å². The molecule has 1 heterocycles. The molecule has 0 unspecified atom stereocenters. The van der Waals surface area contributed by atoms with Crippen LogP contribution in [-0.2, 0) is 16.1 Å². The number of hydrogen-bond acceptors (Lipinski definition) is 6. The average Bonchev–Trinajstić information content (AvgIpc) is 3.03. The van der Waals surface area contributed by atoms with Crippen molar-refractivity contribution in [3.63, 3.8) is 0 Å². The maximum Gasteiger partial charge on any atom is 0.326 e. The van der Waals surface area contributed by atoms with Crippen LogP contribution in [0.1, 0.15) is 17.3 Å². The minimum atomic E-state index is -0.420. The molecule has 0 N–H and O–H groups in total. The number of fused-ring (bicyclic) bond motifs is 1. The molecule has 0 aliphatic carbocycles. The minimum absolute atomic E-state index is 0.0780. The number of aromatic nitrogens is 1. The van der Waals surface area contributed by atoms with E-state index in [-0.39, 0.29) is 13.2 Å². The van der Waals surface area contributed by atoms with Gasteiger partial charge in [0.15, 0.2) is 16.3 Å². The molecule has 0 atom stereocenters. The summed E-state index contributed by atoms with van der Waals surface area (Å²) < 4.78 is 18.9. The van der Waals surface area contributed by atoms with Gasteiger partial charge in [-0.1, -0.05) is 23.5 Å². The predicted octanol–water partition coefficient (Wildman–Crippen LogP) is 3.79. The van der Waals surface area contributed by atoms with E-state index in [4.69, 9.17) is 14.2 Å². The number of benzene rings is 2. The first kappa shape index (κ1) is 21.1. The fourth-order valence-electron chi connectivity index (χ4n) is 2.75. The van der Waals surface area contributed by atoms with E-state index in [0.29, 0.717) is 31.9 Å². The number of hydrogen-bond donors (Lipinski definition) is 0. The molecule has 1 amide bonds. The van der Waals surface area contributed by atoms with Crippen LogP contribution in [0.3, 0.4) is 0 Å². The molecule has 3 aromatic rings. The lowest BCUT2D eigenvalue weighted by Crippen LogP contribution is -2.23. The second-order valence-corrected chi connectivity index (χ2v) is 7.71. The second kappa shape index (κ2) is 9.23. The first-order valence-corrected chi connectivity index (χ1v) is 10.3. The van der Waals surface area contributed by atoms with Crippen molar-refractivity contribution < 1.29 is 23.8 Å². The third kappa shape index (κ3) is 4.51. The van der Waals surface area contributed by atoms with Crippen LogP contribution in [-0.4, -0.2) is 37.3 Å². The minimum Gasteiger partial charge on any atom is -0.493 e. The maximum atomic E-state index is 12.8. The van der Waals surface area contributed by atoms with Crippen molar-refractivity contribution in [2.45, 2.75) is 13.5 Å². The molecule has 0 aliphatic heterocycles. The van der Waals surface area contributed by atoms with E-state index in [1.54, 1.807) is 48.9 Å². The molecule has 0 saturated carbocycles. The van der Waals surface area contributed by atoms with E-state index in [0.717, 1.165) is 4.70 Å². The Kier molecular flexibility index (Phi) is 6.71. The molecule has 0 radical (unpaired) electrons. The Morgan fingerprint density at radius 2 is 1.83 bits per heavy atom. The van der Waals surface area contributed by atoms with Gasteiger partial charge in [-0.25, -0.2) is 0 Å². The number of carbonyl (C=O) groups excluding carboxylic acids is 2. The highest BCUT2D eigenvalue weighted by atomic mass is 79.9. The second-order valence-electron chi connectivity index (χ2n) is 5.85. The average molecular weight is 479 g/mol. The third-order valence-corrected chi connectivity index (χ3v) is 5.81. The highest BCUT2D eigenvalue weighted by Gasteiger charge is 2.17. The summed E-state index contributed by atoms with van der Waals surface area (Å²) in [5, 5.41) is 0. The molecule has 0 aliphatic rings. The van der Waals surface area contributed by atoms with Crippen molar-refractivity contribution in [3.8, 4) is 11.5 Å². The van der Waals surface area contributed by atoms with Crippen LogP contribution in [0.25, 0.3) is 10.2 Å². The number of rotatable bonds is 6. The summed E-state index contributed by atoms with van der Waals surface area (Å²) in [5.74, 6) is 0.227. The summed E-state index contributed by atoms with van der Waals surface area (Å²) in [6, 6.07) is 10.6. The van der Waals surface area contributed by atoms with Crippen LogP contribution in [0.5, 0.6) is 11.5 Å². The lowest BCUT2D eigenvalue weighted by molar-refractivity contribution is -0.143. The van der Waals surface area contributed by atoms with Crippen LogP contribution < -0.4 is 14.3 Å². The van der Waals surface area contributed by atoms with E-state index in [1.807, 2.05) is 6.07 Å². The lowest BCUT2D eigenvalue weighted by Gasteiger charge is -2.09. The Bertz CT molecular complexity index is 1140. The normalized spacial score (nSPS) is 11.5. The van der Waals surface area contributed by atoms with Crippen LogP contribution in [0, 0.1) is 0 Å². The quantitative estimate of drug-likeness (QED) is 0.503. The Labute approximate surface area is 179 Å². The fraction of sp³-hybridized carbons (Fsp3) is 0.250. The molecule has 1 aromatic heterocycles. The number of nitrogens with zero attached hydrogens (tertiary/aromatic N) is 2. The smallest absolute Gasteiger partial charge is 0.326 e. The maximum absolute atomic E-state index is 12.8. The first-order valence-electron chi connectivity index (χ1n) is 8.73. The lowest BCUT2D eigenvalue weighted by atomic mass is 10.2. The zero-order valence-electron chi connectivity index (χ0n) is 16.1. The van der Waals surface area contributed by atoms with E-state index < -0.39 is 11.9 Å². The summed E-state index contributed by atoms with van der Waals surface area (Å²) in [5.41, 5.74) is 1.13. The molecule has 3 rings (SSSR count). The summed E-state index contributed by atoms with van der Waals surface area (Å²) in [6.07, 6.45) is 0. The predicted molar refractivity (Wildman–Crippen MR) is 114 cm³/mol. The standard InChI is InChI=1S/C20H19BrN2O5S/c1-4-28-18(24)11-23-14-9-15(26-2)16(27-3)10-17(14)29-20(23)22-19(25)12-7-5-6-8-13(12)21/h5-10H,4,11H2,1-3H3. The number of amides is 1. The van der Waals surface area contributed by atoms with Gasteiger partial charge < -0.3 is 18.8 Å². The molecule has 0 saturated heterocycles. The monoisotopic (exact) mass is 478 g/mol. The Morgan fingerprint density at radius 3 is 2.48 bits per heavy atom. The van der Waals surface area contributed by atoms with Gasteiger partial charge in [0.2, 0.25) is 0 Å². The number of esters is 1. The van der Waals surface area contributed by atoms with Gasteiger partial charge in [0, 0.05) is 16.6 Å². The Hall–Kier alpha value is -2.65. The molecule has 0 fully saturated rings. The third-order valence-electron chi connectivity index (χ3n) is 4.08. The van der Waals surface area contributed by atoms with Gasteiger partial charge in [-0.05, 0) is 35.0 Å². The van der Waals surface area contributed by atoms with Gasteiger partial charge in [0.1, 0.15) is 6.54 Å². The Morgan fingerprint density at radius 1 is 1.14 bits per heavy atom. The van der Waals surface area contributed by atoms with E-state index in [1.165, 1.54) is 18.4 Å². The number of methoxy groups -OCH3 is 2. The van der Waals surface area contributed by atoms with Gasteiger partial charge >= 0.3 is 5.97 Å². The summed E-state index contributed by atoms with van der Waals surface area (Å²) in [6.45, 7) is 1.93. The van der Waals surface area contributed by atoms with Gasteiger partial charge in [-0.15, -0.1) is 0 Å². The van der Waals surface area contributed by atoms with E-state index in [9.17, 15) is 9.59 Å². The zero-order chi connectivity index (χ0) is 21.0. The number of thiazole rings is 1. The molecular weight excluding hydrogens is 460 g/mol. The molecule has 9 heteroatoms. The van der Waals surface area contributed by atoms with Crippen molar-refractivity contribution in [1.29, 1.82) is 0 Å². The van der Waals surface area contributed by atoms with Crippen LogP contribution >= 0.6 is 27.3 Å². The van der Waals surface area contributed by atoms with Crippen LogP contribution in [0.4, 0.5) is 0 Å². The van der Waals surface area contributed by atoms with Crippen molar-refractivity contribution in [3.05, 3.63) is 51.2 Å². The largest absolute Gasteiger partial charge is 0.493 e. The van der Waals surface area contributed by atoms with Crippen LogP contribution in [0.2, 0.25) is 0 Å². The highest BCUT2D eigenvalue weighted by Crippen LogP contribution is 2.33. The van der Waals surface area contributed by atoms with Gasteiger partial charge in [-0.3, -0.25) is 9.59 Å². The molecule has 29 heavy (non-hydrogen) atoms. The first-order chi connectivity index (χ1) is 14.0. The zero-order valence-corrected chi connectivity index (χ0v) is 18.5. The van der Waals surface area contributed by atoms with Gasteiger partial charge in [-0.2, -0.15) is 4.99 Å².